The summed E-state index contributed by atoms with van der Waals surface area (Å²) in [6.07, 6.45) is 5.07. The third-order valence-corrected chi connectivity index (χ3v) is 5.18. The minimum absolute atomic E-state index is 0.0325. The van der Waals surface area contributed by atoms with E-state index in [0.717, 1.165) is 30.8 Å². The summed E-state index contributed by atoms with van der Waals surface area (Å²) in [6.45, 7) is 2.02. The number of aromatic nitrogens is 1. The first kappa shape index (κ1) is 16.8. The Morgan fingerprint density at radius 2 is 2.19 bits per heavy atom. The zero-order valence-electron chi connectivity index (χ0n) is 14.9. The number of pyridine rings is 1. The van der Waals surface area contributed by atoms with Crippen molar-refractivity contribution in [3.8, 4) is 5.75 Å². The van der Waals surface area contributed by atoms with Gasteiger partial charge < -0.3 is 19.7 Å². The molecule has 2 saturated heterocycles. The Bertz CT molecular complexity index is 766. The van der Waals surface area contributed by atoms with E-state index in [1.54, 1.807) is 25.6 Å². The Balaban J connectivity index is 1.36. The van der Waals surface area contributed by atoms with Gasteiger partial charge in [-0.25, -0.2) is 0 Å². The van der Waals surface area contributed by atoms with E-state index in [1.165, 1.54) is 0 Å². The van der Waals surface area contributed by atoms with Gasteiger partial charge >= 0.3 is 0 Å². The van der Waals surface area contributed by atoms with Gasteiger partial charge in [0.1, 0.15) is 5.75 Å². The minimum Gasteiger partial charge on any atom is -0.497 e. The molecule has 1 aromatic heterocycles. The Morgan fingerprint density at radius 3 is 2.92 bits per heavy atom. The van der Waals surface area contributed by atoms with E-state index < -0.39 is 0 Å². The van der Waals surface area contributed by atoms with Crippen molar-refractivity contribution in [2.24, 2.45) is 0 Å². The third-order valence-electron chi connectivity index (χ3n) is 5.18. The Kier molecular flexibility index (Phi) is 4.51. The number of rotatable bonds is 4. The van der Waals surface area contributed by atoms with Gasteiger partial charge in [0.2, 0.25) is 0 Å². The maximum atomic E-state index is 12.6. The fraction of sp³-hybridized carbons (Fsp3) is 0.400. The van der Waals surface area contributed by atoms with Gasteiger partial charge in [0.15, 0.2) is 0 Å². The van der Waals surface area contributed by atoms with Gasteiger partial charge in [0.25, 0.3) is 5.91 Å². The summed E-state index contributed by atoms with van der Waals surface area (Å²) in [6, 6.07) is 11.8. The van der Waals surface area contributed by atoms with Crippen LogP contribution in [-0.4, -0.2) is 54.2 Å². The van der Waals surface area contributed by atoms with Gasteiger partial charge in [-0.15, -0.1) is 0 Å². The summed E-state index contributed by atoms with van der Waals surface area (Å²) in [5, 5.41) is 3.53. The van der Waals surface area contributed by atoms with Crippen molar-refractivity contribution < 1.29 is 14.3 Å². The lowest BCUT2D eigenvalue weighted by Crippen LogP contribution is -2.36. The molecular weight excluding hydrogens is 330 g/mol. The van der Waals surface area contributed by atoms with Crippen molar-refractivity contribution in [3.05, 3.63) is 54.4 Å². The molecule has 6 nitrogen and oxygen atoms in total. The van der Waals surface area contributed by atoms with Crippen LogP contribution < -0.4 is 10.1 Å². The fourth-order valence-corrected chi connectivity index (χ4v) is 3.83. The zero-order chi connectivity index (χ0) is 18.0. The number of hydrogen-bond acceptors (Lipinski definition) is 5. The molecule has 1 N–H and O–H groups in total. The summed E-state index contributed by atoms with van der Waals surface area (Å²) in [5.41, 5.74) is 1.45. The second-order valence-electron chi connectivity index (χ2n) is 6.99. The summed E-state index contributed by atoms with van der Waals surface area (Å²) >= 11 is 0. The van der Waals surface area contributed by atoms with Crippen LogP contribution in [0.4, 0.5) is 5.69 Å². The number of ether oxygens (including phenoxy) is 2. The molecule has 0 aliphatic carbocycles. The van der Waals surface area contributed by atoms with E-state index in [2.05, 4.69) is 10.3 Å². The monoisotopic (exact) mass is 353 g/mol. The number of benzene rings is 1. The minimum atomic E-state index is -0.234. The zero-order valence-corrected chi connectivity index (χ0v) is 14.9. The average Bonchev–Trinajstić information content (AvgIpc) is 3.29. The molecule has 0 saturated carbocycles. The number of methoxy groups -OCH3 is 1. The highest BCUT2D eigenvalue weighted by Gasteiger charge is 2.46. The number of anilines is 1. The van der Waals surface area contributed by atoms with Crippen LogP contribution in [-0.2, 0) is 4.74 Å². The van der Waals surface area contributed by atoms with Crippen LogP contribution in [0.3, 0.4) is 0 Å². The molecule has 2 aromatic rings. The van der Waals surface area contributed by atoms with E-state index in [4.69, 9.17) is 9.47 Å². The second-order valence-corrected chi connectivity index (χ2v) is 6.99. The molecule has 1 aromatic carbocycles. The van der Waals surface area contributed by atoms with Crippen LogP contribution in [0.2, 0.25) is 0 Å². The molecule has 2 aliphatic rings. The standard InChI is InChI=1S/C20H23N3O3/c1-25-18-6-4-16(5-7-18)22-17-11-20(26-13-17)8-10-23(14-20)19(24)15-3-2-9-21-12-15/h2-7,9,12,17,22H,8,10-11,13-14H2,1H3. The normalized spacial score (nSPS) is 24.8. The van der Waals surface area contributed by atoms with Gasteiger partial charge in [-0.1, -0.05) is 0 Å². The molecule has 6 heteroatoms. The molecule has 4 rings (SSSR count). The average molecular weight is 353 g/mol. The van der Waals surface area contributed by atoms with Crippen molar-refractivity contribution in [2.75, 3.05) is 32.1 Å². The van der Waals surface area contributed by atoms with Gasteiger partial charge in [-0.05, 0) is 42.8 Å². The van der Waals surface area contributed by atoms with Crippen molar-refractivity contribution in [3.63, 3.8) is 0 Å². The number of hydrogen-bond donors (Lipinski definition) is 1. The number of nitrogens with zero attached hydrogens (tertiary/aromatic N) is 2. The molecule has 0 radical (unpaired) electrons. The van der Waals surface area contributed by atoms with Crippen molar-refractivity contribution in [1.82, 2.24) is 9.88 Å². The smallest absolute Gasteiger partial charge is 0.255 e. The lowest BCUT2D eigenvalue weighted by molar-refractivity contribution is 0.0125. The Labute approximate surface area is 153 Å². The fourth-order valence-electron chi connectivity index (χ4n) is 3.83. The lowest BCUT2D eigenvalue weighted by atomic mass is 9.97. The summed E-state index contributed by atoms with van der Waals surface area (Å²) in [4.78, 5) is 18.5. The van der Waals surface area contributed by atoms with Crippen LogP contribution >= 0.6 is 0 Å². The molecule has 2 unspecified atom stereocenters. The van der Waals surface area contributed by atoms with Crippen molar-refractivity contribution in [1.29, 1.82) is 0 Å². The van der Waals surface area contributed by atoms with Crippen LogP contribution in [0.25, 0.3) is 0 Å². The topological polar surface area (TPSA) is 63.7 Å². The molecule has 0 bridgehead atoms. The van der Waals surface area contributed by atoms with E-state index in [9.17, 15) is 4.79 Å². The van der Waals surface area contributed by atoms with Gasteiger partial charge in [-0.3, -0.25) is 9.78 Å². The van der Waals surface area contributed by atoms with E-state index in [0.29, 0.717) is 18.7 Å². The number of likely N-dealkylation sites (tertiary alicyclic amines) is 1. The highest BCUT2D eigenvalue weighted by molar-refractivity contribution is 5.94. The molecule has 2 atom stereocenters. The summed E-state index contributed by atoms with van der Waals surface area (Å²) < 4.78 is 11.3. The lowest BCUT2D eigenvalue weighted by Gasteiger charge is -2.23. The highest BCUT2D eigenvalue weighted by Crippen LogP contribution is 2.36. The molecule has 136 valence electrons. The van der Waals surface area contributed by atoms with E-state index in [-0.39, 0.29) is 17.6 Å². The molecule has 26 heavy (non-hydrogen) atoms. The number of carbonyl (C=O) groups excluding carboxylic acids is 1. The first-order valence-electron chi connectivity index (χ1n) is 8.91. The quantitative estimate of drug-likeness (QED) is 0.915. The second kappa shape index (κ2) is 6.96. The Hall–Kier alpha value is -2.60. The maximum Gasteiger partial charge on any atom is 0.255 e. The highest BCUT2D eigenvalue weighted by atomic mass is 16.5. The van der Waals surface area contributed by atoms with Crippen LogP contribution in [0.5, 0.6) is 5.75 Å². The molecule has 2 fully saturated rings. The predicted octanol–water partition coefficient (Wildman–Crippen LogP) is 2.58. The largest absolute Gasteiger partial charge is 0.497 e. The maximum absolute atomic E-state index is 12.6. The molecule has 1 spiro atoms. The van der Waals surface area contributed by atoms with Crippen LogP contribution in [0.1, 0.15) is 23.2 Å². The molecule has 3 heterocycles. The molecule has 1 amide bonds. The number of amides is 1. The van der Waals surface area contributed by atoms with Gasteiger partial charge in [0.05, 0.1) is 37.5 Å². The van der Waals surface area contributed by atoms with Crippen molar-refractivity contribution >= 4 is 11.6 Å². The van der Waals surface area contributed by atoms with Crippen LogP contribution in [0.15, 0.2) is 48.8 Å². The van der Waals surface area contributed by atoms with E-state index in [1.807, 2.05) is 35.2 Å². The molecular formula is C20H23N3O3. The number of nitrogens with one attached hydrogen (secondary N) is 1. The van der Waals surface area contributed by atoms with Gasteiger partial charge in [-0.2, -0.15) is 0 Å². The Morgan fingerprint density at radius 1 is 1.35 bits per heavy atom. The first-order valence-corrected chi connectivity index (χ1v) is 8.91. The summed E-state index contributed by atoms with van der Waals surface area (Å²) in [7, 11) is 1.66. The van der Waals surface area contributed by atoms with Gasteiger partial charge in [0, 0.05) is 31.0 Å². The molecule has 2 aliphatic heterocycles. The third kappa shape index (κ3) is 3.37. The van der Waals surface area contributed by atoms with Crippen LogP contribution in [0, 0.1) is 0 Å². The predicted molar refractivity (Wildman–Crippen MR) is 98.5 cm³/mol. The number of carbonyl (C=O) groups is 1. The van der Waals surface area contributed by atoms with E-state index >= 15 is 0 Å². The van der Waals surface area contributed by atoms with Crippen molar-refractivity contribution in [2.45, 2.75) is 24.5 Å². The summed E-state index contributed by atoms with van der Waals surface area (Å²) in [5.74, 6) is 0.875. The SMILES string of the molecule is COc1ccc(NC2COC3(CCN(C(=O)c4cccnc4)C3)C2)cc1. The first-order chi connectivity index (χ1) is 12.7.